The molecular weight excluding hydrogens is 268 g/mol. The van der Waals surface area contributed by atoms with Gasteiger partial charge in [0.1, 0.15) is 0 Å². The summed E-state index contributed by atoms with van der Waals surface area (Å²) in [7, 11) is 0. The minimum atomic E-state index is 0.100. The third-order valence-corrected chi connectivity index (χ3v) is 4.79. The molecule has 0 amide bonds. The van der Waals surface area contributed by atoms with E-state index >= 15 is 0 Å². The zero-order valence-corrected chi connectivity index (χ0v) is 12.8. The van der Waals surface area contributed by atoms with Gasteiger partial charge in [-0.15, -0.1) is 11.3 Å². The minimum Gasteiger partial charge on any atom is -0.327 e. The number of aryl methyl sites for hydroxylation is 1. The second kappa shape index (κ2) is 6.06. The van der Waals surface area contributed by atoms with E-state index in [-0.39, 0.29) is 6.04 Å². The summed E-state index contributed by atoms with van der Waals surface area (Å²) in [6.45, 7) is 2.03. The van der Waals surface area contributed by atoms with Crippen molar-refractivity contribution in [2.24, 2.45) is 5.73 Å². The highest BCUT2D eigenvalue weighted by Gasteiger charge is 2.18. The molecule has 2 heterocycles. The Labute approximate surface area is 124 Å². The van der Waals surface area contributed by atoms with Gasteiger partial charge in [-0.2, -0.15) is 5.10 Å². The Balaban J connectivity index is 1.57. The number of rotatable bonds is 5. The first-order valence-corrected chi connectivity index (χ1v) is 8.29. The fourth-order valence-electron chi connectivity index (χ4n) is 2.97. The summed E-state index contributed by atoms with van der Waals surface area (Å²) in [4.78, 5) is 4.47. The van der Waals surface area contributed by atoms with Gasteiger partial charge in [-0.3, -0.25) is 4.68 Å². The molecule has 1 aliphatic rings. The molecule has 108 valence electrons. The quantitative estimate of drug-likeness (QED) is 0.921. The van der Waals surface area contributed by atoms with Crippen LogP contribution in [-0.4, -0.2) is 20.8 Å². The van der Waals surface area contributed by atoms with Gasteiger partial charge in [-0.25, -0.2) is 4.98 Å². The number of aromatic nitrogens is 3. The normalized spacial score (nSPS) is 17.7. The Bertz CT molecular complexity index is 554. The highest BCUT2D eigenvalue weighted by atomic mass is 32.1. The standard InChI is InChI=1S/C15H22N4S/c1-11-17-14(10-20-11)9-12(16)8-13-6-7-19(18-13)15-4-2-3-5-15/h6-7,10,12,15H,2-5,8-9,16H2,1H3. The highest BCUT2D eigenvalue weighted by molar-refractivity contribution is 7.09. The van der Waals surface area contributed by atoms with Crippen molar-refractivity contribution in [1.29, 1.82) is 0 Å². The molecule has 2 aromatic heterocycles. The van der Waals surface area contributed by atoms with E-state index in [1.807, 2.05) is 6.92 Å². The lowest BCUT2D eigenvalue weighted by Gasteiger charge is -2.10. The van der Waals surface area contributed by atoms with Crippen LogP contribution in [0.2, 0.25) is 0 Å². The molecule has 1 unspecified atom stereocenters. The van der Waals surface area contributed by atoms with Gasteiger partial charge >= 0.3 is 0 Å². The summed E-state index contributed by atoms with van der Waals surface area (Å²) < 4.78 is 2.14. The Morgan fingerprint density at radius 3 is 2.80 bits per heavy atom. The van der Waals surface area contributed by atoms with Gasteiger partial charge in [0, 0.05) is 30.5 Å². The third kappa shape index (κ3) is 3.27. The number of hydrogen-bond acceptors (Lipinski definition) is 4. The van der Waals surface area contributed by atoms with Gasteiger partial charge in [-0.1, -0.05) is 12.8 Å². The lowest BCUT2D eigenvalue weighted by molar-refractivity contribution is 0.460. The van der Waals surface area contributed by atoms with Crippen LogP contribution >= 0.6 is 11.3 Å². The summed E-state index contributed by atoms with van der Waals surface area (Å²) >= 11 is 1.69. The summed E-state index contributed by atoms with van der Waals surface area (Å²) in [6, 6.07) is 2.83. The number of nitrogens with two attached hydrogens (primary N) is 1. The Morgan fingerprint density at radius 1 is 1.35 bits per heavy atom. The van der Waals surface area contributed by atoms with Crippen molar-refractivity contribution in [3.05, 3.63) is 34.0 Å². The average molecular weight is 290 g/mol. The number of thiazole rings is 1. The van der Waals surface area contributed by atoms with E-state index in [9.17, 15) is 0 Å². The Morgan fingerprint density at radius 2 is 2.10 bits per heavy atom. The maximum atomic E-state index is 6.23. The predicted octanol–water partition coefficient (Wildman–Crippen LogP) is 2.88. The van der Waals surface area contributed by atoms with Gasteiger partial charge < -0.3 is 5.73 Å². The molecular formula is C15H22N4S. The lowest BCUT2D eigenvalue weighted by Crippen LogP contribution is -2.26. The van der Waals surface area contributed by atoms with E-state index in [1.54, 1.807) is 11.3 Å². The van der Waals surface area contributed by atoms with Crippen LogP contribution in [0.15, 0.2) is 17.6 Å². The second-order valence-corrected chi connectivity index (χ2v) is 6.81. The Hall–Kier alpha value is -1.20. The minimum absolute atomic E-state index is 0.100. The molecule has 2 N–H and O–H groups in total. The summed E-state index contributed by atoms with van der Waals surface area (Å²) in [5, 5.41) is 7.91. The van der Waals surface area contributed by atoms with Gasteiger partial charge in [0.15, 0.2) is 0 Å². The van der Waals surface area contributed by atoms with Crippen molar-refractivity contribution < 1.29 is 0 Å². The SMILES string of the molecule is Cc1nc(CC(N)Cc2ccn(C3CCCC3)n2)cs1. The van der Waals surface area contributed by atoms with Gasteiger partial charge in [0.25, 0.3) is 0 Å². The molecule has 0 radical (unpaired) electrons. The van der Waals surface area contributed by atoms with Crippen molar-refractivity contribution in [1.82, 2.24) is 14.8 Å². The molecule has 3 rings (SSSR count). The zero-order valence-electron chi connectivity index (χ0n) is 12.0. The number of nitrogens with zero attached hydrogens (tertiary/aromatic N) is 3. The molecule has 20 heavy (non-hydrogen) atoms. The van der Waals surface area contributed by atoms with E-state index in [0.717, 1.165) is 29.2 Å². The first-order valence-electron chi connectivity index (χ1n) is 7.41. The van der Waals surface area contributed by atoms with Crippen LogP contribution in [0.3, 0.4) is 0 Å². The maximum absolute atomic E-state index is 6.23. The first-order chi connectivity index (χ1) is 9.70. The van der Waals surface area contributed by atoms with Crippen molar-refractivity contribution >= 4 is 11.3 Å². The first kappa shape index (κ1) is 13.8. The molecule has 5 heteroatoms. The maximum Gasteiger partial charge on any atom is 0.0897 e. The fraction of sp³-hybridized carbons (Fsp3) is 0.600. The van der Waals surface area contributed by atoms with Crippen molar-refractivity contribution in [2.75, 3.05) is 0 Å². The van der Waals surface area contributed by atoms with E-state index < -0.39 is 0 Å². The summed E-state index contributed by atoms with van der Waals surface area (Å²) in [5.74, 6) is 0. The molecule has 0 saturated heterocycles. The van der Waals surface area contributed by atoms with Crippen LogP contribution in [0.4, 0.5) is 0 Å². The summed E-state index contributed by atoms with van der Waals surface area (Å²) in [5.41, 5.74) is 8.44. The monoisotopic (exact) mass is 290 g/mol. The molecule has 0 spiro atoms. The zero-order chi connectivity index (χ0) is 13.9. The average Bonchev–Trinajstić information content (AvgIpc) is 3.10. The van der Waals surface area contributed by atoms with Gasteiger partial charge in [0.2, 0.25) is 0 Å². The lowest BCUT2D eigenvalue weighted by atomic mass is 10.1. The topological polar surface area (TPSA) is 56.7 Å². The van der Waals surface area contributed by atoms with E-state index in [1.165, 1.54) is 25.7 Å². The summed E-state index contributed by atoms with van der Waals surface area (Å²) in [6.07, 6.45) is 8.99. The molecule has 4 nitrogen and oxygen atoms in total. The molecule has 1 fully saturated rings. The molecule has 0 aliphatic heterocycles. The van der Waals surface area contributed by atoms with Gasteiger partial charge in [0.05, 0.1) is 22.4 Å². The third-order valence-electron chi connectivity index (χ3n) is 3.97. The smallest absolute Gasteiger partial charge is 0.0897 e. The van der Waals surface area contributed by atoms with Crippen LogP contribution < -0.4 is 5.73 Å². The molecule has 2 aromatic rings. The van der Waals surface area contributed by atoms with Crippen LogP contribution in [0.25, 0.3) is 0 Å². The Kier molecular flexibility index (Phi) is 4.17. The van der Waals surface area contributed by atoms with Crippen molar-refractivity contribution in [3.63, 3.8) is 0 Å². The molecule has 0 bridgehead atoms. The van der Waals surface area contributed by atoms with E-state index in [0.29, 0.717) is 6.04 Å². The van der Waals surface area contributed by atoms with E-state index in [2.05, 4.69) is 27.3 Å². The second-order valence-electron chi connectivity index (χ2n) is 5.75. The molecule has 1 saturated carbocycles. The molecule has 1 atom stereocenters. The van der Waals surface area contributed by atoms with Crippen LogP contribution in [-0.2, 0) is 12.8 Å². The van der Waals surface area contributed by atoms with E-state index in [4.69, 9.17) is 10.8 Å². The number of hydrogen-bond donors (Lipinski definition) is 1. The molecule has 1 aliphatic carbocycles. The van der Waals surface area contributed by atoms with Crippen LogP contribution in [0, 0.1) is 6.92 Å². The van der Waals surface area contributed by atoms with Gasteiger partial charge in [-0.05, 0) is 25.8 Å². The largest absolute Gasteiger partial charge is 0.327 e. The predicted molar refractivity (Wildman–Crippen MR) is 82.0 cm³/mol. The van der Waals surface area contributed by atoms with Crippen molar-refractivity contribution in [2.45, 2.75) is 57.5 Å². The highest BCUT2D eigenvalue weighted by Crippen LogP contribution is 2.28. The molecule has 0 aromatic carbocycles. The van der Waals surface area contributed by atoms with Crippen molar-refractivity contribution in [3.8, 4) is 0 Å². The van der Waals surface area contributed by atoms with Crippen LogP contribution in [0.1, 0.15) is 48.1 Å². The fourth-order valence-corrected chi connectivity index (χ4v) is 3.60. The van der Waals surface area contributed by atoms with Crippen LogP contribution in [0.5, 0.6) is 0 Å².